The SMILES string of the molecule is Cn1ccnc1CN(CCO)C(=O)c1cc(C2CC2)[nH]n1. The smallest absolute Gasteiger partial charge is 0.274 e. The second-order valence-corrected chi connectivity index (χ2v) is 5.39. The molecule has 1 fully saturated rings. The standard InChI is InChI=1S/C14H19N5O2/c1-18-5-4-15-13(18)9-19(6-7-20)14(21)12-8-11(16-17-12)10-2-3-10/h4-5,8,10,20H,2-3,6-7,9H2,1H3,(H,16,17). The average molecular weight is 289 g/mol. The van der Waals surface area contributed by atoms with Crippen molar-refractivity contribution in [2.24, 2.45) is 7.05 Å². The van der Waals surface area contributed by atoms with Gasteiger partial charge in [0.1, 0.15) is 11.5 Å². The first-order valence-electron chi connectivity index (χ1n) is 7.10. The van der Waals surface area contributed by atoms with E-state index in [1.54, 1.807) is 11.1 Å². The van der Waals surface area contributed by atoms with Gasteiger partial charge >= 0.3 is 0 Å². The molecule has 3 rings (SSSR count). The van der Waals surface area contributed by atoms with E-state index in [1.807, 2.05) is 23.9 Å². The third-order valence-electron chi connectivity index (χ3n) is 3.74. The van der Waals surface area contributed by atoms with E-state index >= 15 is 0 Å². The third kappa shape index (κ3) is 2.97. The van der Waals surface area contributed by atoms with Crippen molar-refractivity contribution < 1.29 is 9.90 Å². The van der Waals surface area contributed by atoms with Crippen LogP contribution in [0.3, 0.4) is 0 Å². The van der Waals surface area contributed by atoms with E-state index in [-0.39, 0.29) is 19.1 Å². The molecule has 0 spiro atoms. The Balaban J connectivity index is 1.75. The minimum Gasteiger partial charge on any atom is -0.395 e. The fraction of sp³-hybridized carbons (Fsp3) is 0.500. The van der Waals surface area contributed by atoms with E-state index in [1.165, 1.54) is 0 Å². The van der Waals surface area contributed by atoms with Gasteiger partial charge in [-0.3, -0.25) is 9.89 Å². The third-order valence-corrected chi connectivity index (χ3v) is 3.74. The molecule has 0 saturated heterocycles. The Hall–Kier alpha value is -2.15. The van der Waals surface area contributed by atoms with E-state index in [4.69, 9.17) is 0 Å². The number of imidazole rings is 1. The molecule has 0 radical (unpaired) electrons. The highest BCUT2D eigenvalue weighted by Crippen LogP contribution is 2.39. The maximum absolute atomic E-state index is 12.5. The monoisotopic (exact) mass is 289 g/mol. The molecule has 0 atom stereocenters. The van der Waals surface area contributed by atoms with Gasteiger partial charge in [-0.25, -0.2) is 4.98 Å². The number of aromatic nitrogens is 4. The predicted octanol–water partition coefficient (Wildman–Crippen LogP) is 0.655. The Morgan fingerprint density at radius 2 is 2.38 bits per heavy atom. The van der Waals surface area contributed by atoms with E-state index in [0.29, 0.717) is 18.2 Å². The zero-order valence-electron chi connectivity index (χ0n) is 12.0. The van der Waals surface area contributed by atoms with Gasteiger partial charge in [-0.1, -0.05) is 0 Å². The van der Waals surface area contributed by atoms with Crippen molar-refractivity contribution in [3.8, 4) is 0 Å². The van der Waals surface area contributed by atoms with Crippen LogP contribution in [-0.4, -0.2) is 48.8 Å². The van der Waals surface area contributed by atoms with Crippen LogP contribution in [0.15, 0.2) is 18.5 Å². The lowest BCUT2D eigenvalue weighted by Gasteiger charge is -2.20. The zero-order valence-corrected chi connectivity index (χ0v) is 12.0. The Kier molecular flexibility index (Phi) is 3.74. The summed E-state index contributed by atoms with van der Waals surface area (Å²) in [7, 11) is 1.88. The lowest BCUT2D eigenvalue weighted by atomic mass is 10.2. The number of aliphatic hydroxyl groups excluding tert-OH is 1. The second kappa shape index (κ2) is 5.69. The fourth-order valence-corrected chi connectivity index (χ4v) is 2.30. The number of aliphatic hydroxyl groups is 1. The topological polar surface area (TPSA) is 87.0 Å². The molecule has 0 aromatic carbocycles. The van der Waals surface area contributed by atoms with Crippen LogP contribution in [0.4, 0.5) is 0 Å². The van der Waals surface area contributed by atoms with Crippen LogP contribution in [0.25, 0.3) is 0 Å². The number of nitrogens with one attached hydrogen (secondary N) is 1. The lowest BCUT2D eigenvalue weighted by Crippen LogP contribution is -2.34. The lowest BCUT2D eigenvalue weighted by molar-refractivity contribution is 0.0695. The number of nitrogens with zero attached hydrogens (tertiary/aromatic N) is 4. The van der Waals surface area contributed by atoms with Gasteiger partial charge < -0.3 is 14.6 Å². The summed E-state index contributed by atoms with van der Waals surface area (Å²) < 4.78 is 1.86. The number of carbonyl (C=O) groups excluding carboxylic acids is 1. The van der Waals surface area contributed by atoms with Crippen LogP contribution < -0.4 is 0 Å². The first kappa shape index (κ1) is 13.8. The van der Waals surface area contributed by atoms with E-state index in [2.05, 4.69) is 15.2 Å². The van der Waals surface area contributed by atoms with Gasteiger partial charge in [0.05, 0.1) is 13.2 Å². The Morgan fingerprint density at radius 3 is 3.00 bits per heavy atom. The highest BCUT2D eigenvalue weighted by atomic mass is 16.3. The maximum Gasteiger partial charge on any atom is 0.274 e. The number of hydrogen-bond acceptors (Lipinski definition) is 4. The first-order chi connectivity index (χ1) is 10.2. The molecule has 1 aliphatic carbocycles. The molecule has 7 nitrogen and oxygen atoms in total. The van der Waals surface area contributed by atoms with E-state index < -0.39 is 0 Å². The summed E-state index contributed by atoms with van der Waals surface area (Å²) in [5.41, 5.74) is 1.43. The van der Waals surface area contributed by atoms with Crippen molar-refractivity contribution in [1.29, 1.82) is 0 Å². The van der Waals surface area contributed by atoms with Crippen LogP contribution in [0, 0.1) is 0 Å². The molecule has 2 aromatic rings. The van der Waals surface area contributed by atoms with Gasteiger partial charge in [0, 0.05) is 37.6 Å². The molecule has 112 valence electrons. The molecule has 1 saturated carbocycles. The van der Waals surface area contributed by atoms with E-state index in [0.717, 1.165) is 24.4 Å². The number of carbonyl (C=O) groups is 1. The minimum atomic E-state index is -0.185. The zero-order chi connectivity index (χ0) is 14.8. The molecule has 0 bridgehead atoms. The Labute approximate surface area is 122 Å². The summed E-state index contributed by atoms with van der Waals surface area (Å²) in [5.74, 6) is 1.12. The van der Waals surface area contributed by atoms with Gasteiger partial charge in [-0.15, -0.1) is 0 Å². The molecule has 2 heterocycles. The van der Waals surface area contributed by atoms with Crippen LogP contribution in [0.1, 0.15) is 40.8 Å². The predicted molar refractivity (Wildman–Crippen MR) is 75.6 cm³/mol. The van der Waals surface area contributed by atoms with Crippen LogP contribution in [0.2, 0.25) is 0 Å². The minimum absolute atomic E-state index is 0.0872. The molecular formula is C14H19N5O2. The second-order valence-electron chi connectivity index (χ2n) is 5.39. The molecule has 0 unspecified atom stereocenters. The molecular weight excluding hydrogens is 270 g/mol. The molecule has 2 N–H and O–H groups in total. The molecule has 2 aromatic heterocycles. The largest absolute Gasteiger partial charge is 0.395 e. The summed E-state index contributed by atoms with van der Waals surface area (Å²) in [6, 6.07) is 1.82. The number of amides is 1. The highest BCUT2D eigenvalue weighted by Gasteiger charge is 2.27. The summed E-state index contributed by atoms with van der Waals surface area (Å²) in [5, 5.41) is 16.2. The Morgan fingerprint density at radius 1 is 1.57 bits per heavy atom. The molecule has 1 aliphatic rings. The van der Waals surface area contributed by atoms with Crippen LogP contribution in [-0.2, 0) is 13.6 Å². The number of aryl methyl sites for hydroxylation is 1. The van der Waals surface area contributed by atoms with Gasteiger partial charge in [0.25, 0.3) is 5.91 Å². The van der Waals surface area contributed by atoms with Gasteiger partial charge in [0.2, 0.25) is 0 Å². The Bertz CT molecular complexity index is 629. The number of H-pyrrole nitrogens is 1. The summed E-state index contributed by atoms with van der Waals surface area (Å²) in [6.45, 7) is 0.530. The number of hydrogen-bond donors (Lipinski definition) is 2. The summed E-state index contributed by atoms with van der Waals surface area (Å²) >= 11 is 0. The summed E-state index contributed by atoms with van der Waals surface area (Å²) in [4.78, 5) is 18.3. The highest BCUT2D eigenvalue weighted by molar-refractivity contribution is 5.92. The first-order valence-corrected chi connectivity index (χ1v) is 7.10. The molecule has 7 heteroatoms. The molecule has 1 amide bonds. The number of rotatable bonds is 6. The van der Waals surface area contributed by atoms with Gasteiger partial charge in [-0.05, 0) is 18.9 Å². The molecule has 21 heavy (non-hydrogen) atoms. The fourth-order valence-electron chi connectivity index (χ4n) is 2.30. The van der Waals surface area contributed by atoms with Crippen LogP contribution >= 0.6 is 0 Å². The molecule has 0 aliphatic heterocycles. The van der Waals surface area contributed by atoms with Crippen molar-refractivity contribution in [3.63, 3.8) is 0 Å². The number of aromatic amines is 1. The van der Waals surface area contributed by atoms with Crippen molar-refractivity contribution in [2.75, 3.05) is 13.2 Å². The maximum atomic E-state index is 12.5. The van der Waals surface area contributed by atoms with Gasteiger partial charge in [-0.2, -0.15) is 5.10 Å². The van der Waals surface area contributed by atoms with E-state index in [9.17, 15) is 9.90 Å². The van der Waals surface area contributed by atoms with Gasteiger partial charge in [0.15, 0.2) is 0 Å². The average Bonchev–Trinajstić information content (AvgIpc) is 3.07. The van der Waals surface area contributed by atoms with Crippen molar-refractivity contribution >= 4 is 5.91 Å². The quantitative estimate of drug-likeness (QED) is 0.817. The van der Waals surface area contributed by atoms with Crippen LogP contribution in [0.5, 0.6) is 0 Å². The normalized spacial score (nSPS) is 14.4. The van der Waals surface area contributed by atoms with Crippen molar-refractivity contribution in [1.82, 2.24) is 24.6 Å². The van der Waals surface area contributed by atoms with Crippen molar-refractivity contribution in [3.05, 3.63) is 35.7 Å². The summed E-state index contributed by atoms with van der Waals surface area (Å²) in [6.07, 6.45) is 5.83. The van der Waals surface area contributed by atoms with Crippen molar-refractivity contribution in [2.45, 2.75) is 25.3 Å².